The molecule has 0 bridgehead atoms. The van der Waals surface area contributed by atoms with E-state index < -0.39 is 5.79 Å². The lowest BCUT2D eigenvalue weighted by Crippen LogP contribution is -2.79. The largest absolute Gasteiger partial charge is 0.508 e. The van der Waals surface area contributed by atoms with Crippen LogP contribution in [0.25, 0.3) is 0 Å². The summed E-state index contributed by atoms with van der Waals surface area (Å²) in [7, 11) is 1.63. The van der Waals surface area contributed by atoms with Crippen LogP contribution in [0.15, 0.2) is 60.3 Å². The van der Waals surface area contributed by atoms with Crippen LogP contribution < -0.4 is 14.5 Å². The summed E-state index contributed by atoms with van der Waals surface area (Å²) in [4.78, 5) is 17.7. The number of allylic oxidation sites excluding steroid dienone is 1. The maximum absolute atomic E-state index is 13.6. The summed E-state index contributed by atoms with van der Waals surface area (Å²) >= 11 is 0. The van der Waals surface area contributed by atoms with E-state index >= 15 is 0 Å². The first-order valence-electron chi connectivity index (χ1n) is 10.9. The smallest absolute Gasteiger partial charge is 0.263 e. The molecule has 31 heavy (non-hydrogen) atoms. The number of benzene rings is 2. The number of anilines is 2. The minimum Gasteiger partial charge on any atom is -0.508 e. The third-order valence-electron chi connectivity index (χ3n) is 6.90. The number of aromatic hydroxyl groups is 1. The average Bonchev–Trinajstić information content (AvgIpc) is 2.76. The maximum Gasteiger partial charge on any atom is 0.263 e. The fourth-order valence-electron chi connectivity index (χ4n) is 5.16. The van der Waals surface area contributed by atoms with E-state index in [2.05, 4.69) is 32.6 Å². The second-order valence-electron chi connectivity index (χ2n) is 8.05. The van der Waals surface area contributed by atoms with Crippen LogP contribution in [0.3, 0.4) is 0 Å². The third kappa shape index (κ3) is 3.45. The molecule has 1 aliphatic rings. The lowest BCUT2D eigenvalue weighted by molar-refractivity contribution is -0.968. The van der Waals surface area contributed by atoms with Gasteiger partial charge in [-0.2, -0.15) is 0 Å². The van der Waals surface area contributed by atoms with E-state index in [9.17, 15) is 9.90 Å². The number of hydrogen-bond acceptors (Lipinski definition) is 4. The molecule has 1 N–H and O–H groups in total. The van der Waals surface area contributed by atoms with Crippen LogP contribution in [0.1, 0.15) is 34.6 Å². The Hall–Kier alpha value is -2.99. The lowest BCUT2D eigenvalue weighted by Gasteiger charge is -2.60. The van der Waals surface area contributed by atoms with Crippen molar-refractivity contribution in [3.63, 3.8) is 0 Å². The van der Waals surface area contributed by atoms with Gasteiger partial charge in [-0.1, -0.05) is 12.1 Å². The molecule has 1 heterocycles. The Balaban J connectivity index is 2.38. The monoisotopic (exact) mass is 424 g/mol. The first-order valence-corrected chi connectivity index (χ1v) is 10.9. The normalized spacial score (nSPS) is 19.4. The number of carbonyl (C=O) groups is 1. The Labute approximate surface area is 185 Å². The molecule has 3 rings (SSSR count). The number of methoxy groups -OCH3 is 1. The van der Waals surface area contributed by atoms with Crippen LogP contribution >= 0.6 is 0 Å². The molecule has 166 valence electrons. The predicted molar refractivity (Wildman–Crippen MR) is 125 cm³/mol. The van der Waals surface area contributed by atoms with E-state index in [1.807, 2.05) is 48.2 Å². The molecule has 6 nitrogen and oxygen atoms in total. The number of phenols is 1. The number of phenolic OH excluding ortho intramolecular Hbond substituents is 1. The fourth-order valence-corrected chi connectivity index (χ4v) is 5.16. The van der Waals surface area contributed by atoms with Crippen molar-refractivity contribution in [2.24, 2.45) is 0 Å². The summed E-state index contributed by atoms with van der Waals surface area (Å²) in [5.74, 6) is 0.0308. The summed E-state index contributed by atoms with van der Waals surface area (Å²) in [6, 6.07) is 14.8. The Morgan fingerprint density at radius 3 is 2.10 bits per heavy atom. The Morgan fingerprint density at radius 2 is 1.55 bits per heavy atom. The highest BCUT2D eigenvalue weighted by Gasteiger charge is 2.58. The van der Waals surface area contributed by atoms with Crippen LogP contribution in [-0.4, -0.2) is 48.0 Å². The molecule has 6 heteroatoms. The molecule has 1 aliphatic heterocycles. The SMILES string of the molecule is CC[N+](CC)(CC)C1(C)N(c2ccc(O)cc2)C(C)=CC(=O)N1c1ccccc1OC. The Bertz CT molecular complexity index is 958. The first kappa shape index (κ1) is 22.7. The Morgan fingerprint density at radius 1 is 0.968 bits per heavy atom. The minimum absolute atomic E-state index is 0.0719. The third-order valence-corrected chi connectivity index (χ3v) is 6.90. The molecule has 1 unspecified atom stereocenters. The van der Waals surface area contributed by atoms with Gasteiger partial charge in [-0.15, -0.1) is 0 Å². The molecule has 0 fully saturated rings. The van der Waals surface area contributed by atoms with Crippen molar-refractivity contribution in [2.75, 3.05) is 36.5 Å². The molecule has 0 saturated carbocycles. The van der Waals surface area contributed by atoms with Gasteiger partial charge < -0.3 is 9.84 Å². The van der Waals surface area contributed by atoms with Gasteiger partial charge in [-0.3, -0.25) is 14.2 Å². The number of nitrogens with zero attached hydrogens (tertiary/aromatic N) is 3. The molecular formula is C25H34N3O3+. The van der Waals surface area contributed by atoms with E-state index in [4.69, 9.17) is 4.74 Å². The second kappa shape index (κ2) is 8.63. The molecule has 2 aromatic carbocycles. The van der Waals surface area contributed by atoms with Gasteiger partial charge in [0.1, 0.15) is 11.5 Å². The predicted octanol–water partition coefficient (Wildman–Crippen LogP) is 4.71. The van der Waals surface area contributed by atoms with Gasteiger partial charge in [-0.25, -0.2) is 4.90 Å². The van der Waals surface area contributed by atoms with Crippen molar-refractivity contribution in [1.29, 1.82) is 0 Å². The second-order valence-corrected chi connectivity index (χ2v) is 8.05. The zero-order valence-corrected chi connectivity index (χ0v) is 19.4. The molecule has 2 aromatic rings. The number of hydrogen-bond donors (Lipinski definition) is 1. The number of para-hydroxylation sites is 2. The lowest BCUT2D eigenvalue weighted by atomic mass is 10.0. The van der Waals surface area contributed by atoms with Crippen molar-refractivity contribution in [3.8, 4) is 11.5 Å². The number of rotatable bonds is 7. The molecule has 0 aliphatic carbocycles. The zero-order valence-electron chi connectivity index (χ0n) is 19.4. The van der Waals surface area contributed by atoms with Gasteiger partial charge in [0, 0.05) is 24.4 Å². The average molecular weight is 425 g/mol. The minimum atomic E-state index is -0.764. The topological polar surface area (TPSA) is 53.0 Å². The van der Waals surface area contributed by atoms with Crippen LogP contribution in [0.2, 0.25) is 0 Å². The van der Waals surface area contributed by atoms with E-state index in [-0.39, 0.29) is 11.7 Å². The van der Waals surface area contributed by atoms with Crippen molar-refractivity contribution < 1.29 is 19.1 Å². The number of quaternary nitrogens is 1. The van der Waals surface area contributed by atoms with Crippen molar-refractivity contribution in [3.05, 3.63) is 60.3 Å². The van der Waals surface area contributed by atoms with Gasteiger partial charge >= 0.3 is 0 Å². The molecule has 0 saturated heterocycles. The summed E-state index contributed by atoms with van der Waals surface area (Å²) in [5.41, 5.74) is 2.52. The van der Waals surface area contributed by atoms with Gasteiger partial charge in [0.05, 0.1) is 32.4 Å². The standard InChI is InChI=1S/C25H33N3O3/c1-7-28(8-2,9-3)25(5)26(20-14-16-21(29)17-15-20)19(4)18-24(30)27(25)22-12-10-11-13-23(22)31-6/h10-18H,7-9H2,1-6H3/p+1. The summed E-state index contributed by atoms with van der Waals surface area (Å²) in [5, 5.41) is 9.87. The Kier molecular flexibility index (Phi) is 6.32. The number of amides is 1. The van der Waals surface area contributed by atoms with Gasteiger partial charge in [0.15, 0.2) is 0 Å². The van der Waals surface area contributed by atoms with E-state index in [1.165, 1.54) is 0 Å². The molecule has 1 amide bonds. The van der Waals surface area contributed by atoms with Gasteiger partial charge in [0.25, 0.3) is 11.7 Å². The van der Waals surface area contributed by atoms with Crippen LogP contribution in [0.4, 0.5) is 11.4 Å². The van der Waals surface area contributed by atoms with Crippen LogP contribution in [-0.2, 0) is 4.79 Å². The molecule has 0 radical (unpaired) electrons. The molecule has 1 atom stereocenters. The van der Waals surface area contributed by atoms with Crippen molar-refractivity contribution in [2.45, 2.75) is 40.4 Å². The van der Waals surface area contributed by atoms with Crippen LogP contribution in [0.5, 0.6) is 11.5 Å². The number of ether oxygens (including phenoxy) is 1. The van der Waals surface area contributed by atoms with Gasteiger partial charge in [0.2, 0.25) is 0 Å². The molecule has 0 aromatic heterocycles. The summed E-state index contributed by atoms with van der Waals surface area (Å²) in [6.45, 7) is 13.1. The summed E-state index contributed by atoms with van der Waals surface area (Å²) < 4.78 is 6.32. The van der Waals surface area contributed by atoms with E-state index in [0.717, 1.165) is 36.7 Å². The highest BCUT2D eigenvalue weighted by Crippen LogP contribution is 2.46. The highest BCUT2D eigenvalue weighted by molar-refractivity contribution is 6.06. The van der Waals surface area contributed by atoms with E-state index in [0.29, 0.717) is 10.2 Å². The van der Waals surface area contributed by atoms with Crippen LogP contribution in [0, 0.1) is 0 Å². The summed E-state index contributed by atoms with van der Waals surface area (Å²) in [6.07, 6.45) is 1.68. The number of carbonyl (C=O) groups excluding carboxylic acids is 1. The van der Waals surface area contributed by atoms with Crippen molar-refractivity contribution in [1.82, 2.24) is 0 Å². The fraction of sp³-hybridized carbons (Fsp3) is 0.400. The molecule has 0 spiro atoms. The van der Waals surface area contributed by atoms with Crippen molar-refractivity contribution >= 4 is 17.3 Å². The molecular weight excluding hydrogens is 390 g/mol. The zero-order chi connectivity index (χ0) is 22.8. The van der Waals surface area contributed by atoms with Gasteiger partial charge in [-0.05, 0) is 64.1 Å². The highest BCUT2D eigenvalue weighted by atomic mass is 16.5. The maximum atomic E-state index is 13.6. The first-order chi connectivity index (χ1) is 14.8. The quantitative estimate of drug-likeness (QED) is 0.654. The van der Waals surface area contributed by atoms with E-state index in [1.54, 1.807) is 25.3 Å².